The van der Waals surface area contributed by atoms with Gasteiger partial charge >= 0.3 is 0 Å². The van der Waals surface area contributed by atoms with E-state index in [0.717, 1.165) is 16.9 Å². The van der Waals surface area contributed by atoms with E-state index in [1.807, 2.05) is 11.3 Å². The van der Waals surface area contributed by atoms with Crippen LogP contribution in [-0.4, -0.2) is 8.07 Å². The largest absolute Gasteiger partial charge is 0.456 e. The quantitative estimate of drug-likeness (QED) is 0.170. The second-order valence-corrected chi connectivity index (χ2v) is 19.9. The Kier molecular flexibility index (Phi) is 6.31. The predicted molar refractivity (Wildman–Crippen MR) is 226 cm³/mol. The molecule has 4 heteroatoms. The van der Waals surface area contributed by atoms with Gasteiger partial charge in [-0.25, -0.2) is 0 Å². The van der Waals surface area contributed by atoms with Crippen LogP contribution in [-0.2, 0) is 0 Å². The van der Waals surface area contributed by atoms with Gasteiger partial charge in [-0.05, 0) is 91.9 Å². The first-order valence-electron chi connectivity index (χ1n) is 17.9. The topological polar surface area (TPSA) is 16.4 Å². The molecule has 11 rings (SSSR count). The van der Waals surface area contributed by atoms with Crippen molar-refractivity contribution in [1.29, 1.82) is 0 Å². The van der Waals surface area contributed by atoms with Gasteiger partial charge in [0.1, 0.15) is 19.2 Å². The van der Waals surface area contributed by atoms with Crippen molar-refractivity contribution in [1.82, 2.24) is 0 Å². The highest BCUT2D eigenvalue weighted by Gasteiger charge is 2.40. The van der Waals surface area contributed by atoms with E-state index in [1.165, 1.54) is 85.7 Å². The molecule has 1 aliphatic rings. The van der Waals surface area contributed by atoms with Gasteiger partial charge in [-0.1, -0.05) is 128 Å². The highest BCUT2D eigenvalue weighted by molar-refractivity contribution is 7.26. The van der Waals surface area contributed by atoms with Gasteiger partial charge in [0.15, 0.2) is 0 Å². The molecule has 0 bridgehead atoms. The van der Waals surface area contributed by atoms with Crippen molar-refractivity contribution >= 4 is 99.7 Å². The molecule has 0 unspecified atom stereocenters. The number of hydrogen-bond donors (Lipinski definition) is 0. The second-order valence-electron chi connectivity index (χ2n) is 14.5. The molecule has 0 aliphatic carbocycles. The van der Waals surface area contributed by atoms with Crippen molar-refractivity contribution in [3.63, 3.8) is 0 Å². The van der Waals surface area contributed by atoms with Crippen LogP contribution in [0, 0.1) is 0 Å². The Labute approximate surface area is 306 Å². The number of fused-ring (bicyclic) bond motifs is 11. The van der Waals surface area contributed by atoms with Crippen LogP contribution >= 0.6 is 11.3 Å². The summed E-state index contributed by atoms with van der Waals surface area (Å²) >= 11 is 1.88. The molecule has 3 heterocycles. The fraction of sp³-hybridized carbons (Fsp3) is 0.0417. The summed E-state index contributed by atoms with van der Waals surface area (Å²) in [6, 6.07) is 60.3. The number of thiophene rings is 1. The Morgan fingerprint density at radius 2 is 1.25 bits per heavy atom. The molecular weight excluding hydrogens is 667 g/mol. The van der Waals surface area contributed by atoms with Crippen molar-refractivity contribution in [2.45, 2.75) is 13.1 Å². The van der Waals surface area contributed by atoms with Gasteiger partial charge in [-0.2, -0.15) is 0 Å². The van der Waals surface area contributed by atoms with E-state index in [0.29, 0.717) is 0 Å². The van der Waals surface area contributed by atoms with Crippen molar-refractivity contribution in [3.8, 4) is 22.3 Å². The zero-order chi connectivity index (χ0) is 34.6. The van der Waals surface area contributed by atoms with Crippen molar-refractivity contribution in [2.24, 2.45) is 0 Å². The SMILES string of the molecule is C[Si]1(C)c2cc(N(c3cccc(-c4cccc5ccccc45)c3)c3cccc4c3sc3ccccc34)ccc2-c2c1ccc1oc3ccccc3c21. The minimum absolute atomic E-state index is 0.948. The van der Waals surface area contributed by atoms with Gasteiger partial charge in [0.25, 0.3) is 0 Å². The number of anilines is 3. The molecule has 52 heavy (non-hydrogen) atoms. The first-order valence-corrected chi connectivity index (χ1v) is 21.7. The monoisotopic (exact) mass is 699 g/mol. The van der Waals surface area contributed by atoms with Crippen molar-refractivity contribution in [2.75, 3.05) is 4.90 Å². The van der Waals surface area contributed by atoms with Gasteiger partial charge in [0.2, 0.25) is 0 Å². The third-order valence-electron chi connectivity index (χ3n) is 11.3. The van der Waals surface area contributed by atoms with E-state index in [9.17, 15) is 0 Å². The maximum atomic E-state index is 6.39. The summed E-state index contributed by atoms with van der Waals surface area (Å²) in [7, 11) is -2.08. The molecule has 0 saturated carbocycles. The van der Waals surface area contributed by atoms with E-state index in [4.69, 9.17) is 4.42 Å². The van der Waals surface area contributed by atoms with E-state index >= 15 is 0 Å². The van der Waals surface area contributed by atoms with Crippen molar-refractivity contribution in [3.05, 3.63) is 164 Å². The van der Waals surface area contributed by atoms with Gasteiger partial charge in [0.05, 0.1) is 10.4 Å². The van der Waals surface area contributed by atoms with Crippen LogP contribution in [0.4, 0.5) is 17.1 Å². The number of hydrogen-bond acceptors (Lipinski definition) is 3. The normalized spacial score (nSPS) is 13.3. The van der Waals surface area contributed by atoms with Gasteiger partial charge in [-0.3, -0.25) is 0 Å². The average Bonchev–Trinajstić information content (AvgIpc) is 3.83. The lowest BCUT2D eigenvalue weighted by Crippen LogP contribution is -2.49. The van der Waals surface area contributed by atoms with E-state index < -0.39 is 8.07 Å². The Hall–Kier alpha value is -5.94. The lowest BCUT2D eigenvalue weighted by molar-refractivity contribution is 0.669. The highest BCUT2D eigenvalue weighted by atomic mass is 32.1. The van der Waals surface area contributed by atoms with Crippen LogP contribution in [0.3, 0.4) is 0 Å². The summed E-state index contributed by atoms with van der Waals surface area (Å²) in [6.45, 7) is 5.02. The lowest BCUT2D eigenvalue weighted by Gasteiger charge is -2.28. The molecule has 0 spiro atoms. The molecule has 0 amide bonds. The fourth-order valence-corrected chi connectivity index (χ4v) is 13.1. The predicted octanol–water partition coefficient (Wildman–Crippen LogP) is 13.0. The van der Waals surface area contributed by atoms with Crippen LogP contribution in [0.25, 0.3) is 75.1 Å². The maximum absolute atomic E-state index is 6.39. The summed E-state index contributed by atoms with van der Waals surface area (Å²) in [4.78, 5) is 2.50. The molecule has 2 aromatic heterocycles. The third kappa shape index (κ3) is 4.22. The molecule has 246 valence electrons. The Bertz CT molecular complexity index is 3070. The number of benzene rings is 8. The van der Waals surface area contributed by atoms with Crippen LogP contribution in [0.2, 0.25) is 13.1 Å². The Morgan fingerprint density at radius 3 is 2.17 bits per heavy atom. The van der Waals surface area contributed by atoms with Crippen LogP contribution in [0.15, 0.2) is 168 Å². The number of furan rings is 1. The molecule has 0 atom stereocenters. The first-order chi connectivity index (χ1) is 25.5. The summed E-state index contributed by atoms with van der Waals surface area (Å²) in [5.41, 5.74) is 10.6. The van der Waals surface area contributed by atoms with Crippen LogP contribution in [0.5, 0.6) is 0 Å². The third-order valence-corrected chi connectivity index (χ3v) is 16.0. The maximum Gasteiger partial charge on any atom is 0.136 e. The van der Waals surface area contributed by atoms with Gasteiger partial charge < -0.3 is 9.32 Å². The molecule has 8 aromatic carbocycles. The van der Waals surface area contributed by atoms with E-state index in [2.05, 4.69) is 182 Å². The molecule has 1 aliphatic heterocycles. The molecule has 0 saturated heterocycles. The summed E-state index contributed by atoms with van der Waals surface area (Å²) in [6.07, 6.45) is 0. The highest BCUT2D eigenvalue weighted by Crippen LogP contribution is 2.47. The zero-order valence-corrected chi connectivity index (χ0v) is 30.7. The van der Waals surface area contributed by atoms with Gasteiger partial charge in [-0.15, -0.1) is 11.3 Å². The molecular formula is C48H33NOSSi. The second kappa shape index (κ2) is 11.0. The van der Waals surface area contributed by atoms with Gasteiger partial charge in [0, 0.05) is 37.6 Å². The molecule has 0 N–H and O–H groups in total. The molecule has 2 nitrogen and oxygen atoms in total. The number of para-hydroxylation sites is 1. The minimum atomic E-state index is -2.08. The van der Waals surface area contributed by atoms with Crippen LogP contribution < -0.4 is 15.3 Å². The molecule has 0 radical (unpaired) electrons. The Morgan fingerprint density at radius 1 is 0.519 bits per heavy atom. The van der Waals surface area contributed by atoms with Crippen LogP contribution in [0.1, 0.15) is 0 Å². The lowest BCUT2D eigenvalue weighted by atomic mass is 9.97. The minimum Gasteiger partial charge on any atom is -0.456 e. The standard InChI is InChI=1S/C48H33NOSSi/c1-52(2)44-27-26-42-46(38-18-5-7-22-41(38)50-42)47(44)39-25-24-33(29-45(39)52)49(40-21-11-20-37-36-17-6-8-23-43(36)51-48(37)40)32-15-9-14-31(28-32)35-19-10-13-30-12-3-4-16-34(30)35/h3-29H,1-2H3. The number of nitrogens with zero attached hydrogens (tertiary/aromatic N) is 1. The average molecular weight is 700 g/mol. The molecule has 10 aromatic rings. The summed E-state index contributed by atoms with van der Waals surface area (Å²) in [5.74, 6) is 0. The first kappa shape index (κ1) is 29.8. The smallest absolute Gasteiger partial charge is 0.136 e. The zero-order valence-electron chi connectivity index (χ0n) is 28.9. The number of rotatable bonds is 4. The summed E-state index contributed by atoms with van der Waals surface area (Å²) in [5, 5.41) is 10.5. The van der Waals surface area contributed by atoms with E-state index in [-0.39, 0.29) is 0 Å². The van der Waals surface area contributed by atoms with E-state index in [1.54, 1.807) is 0 Å². The van der Waals surface area contributed by atoms with Crippen molar-refractivity contribution < 1.29 is 4.42 Å². The summed E-state index contributed by atoms with van der Waals surface area (Å²) < 4.78 is 8.99. The Balaban J connectivity index is 1.16. The molecule has 0 fully saturated rings. The fourth-order valence-electron chi connectivity index (χ4n) is 8.79.